The van der Waals surface area contributed by atoms with Crippen LogP contribution in [0.15, 0.2) is 260 Å². The standard InChI is InChI=1S/C59H58N3.C43H45N2O.Ir/c1-37(2)46-33-43(39-22-13-11-14-23-39)34-47(38(3)4)56(46)62-52-31-20-19-30-51(52)61-57(62)42-27-21-26-41(32-42)55-53(45-28-17-18-29-50(45)60-55)54-48(58(5,6)7)35-44(36-49(54)59(8,9)10)40-24-15-12-16-25-40;1-41(2,3)30-23-24-36(33(25-30)29-19-14-11-15-20-29)45-37-22-16-21-32(28-17-12-10-13-18-28)38(37)44-40(45)34-26-31(42(4,5)6)27-35(39(34)46)43(7,8)9;/h11-31,33-38,53H,1-10H3;10-17,19-27,46H,1-9H3;/q2*-1;. The van der Waals surface area contributed by atoms with E-state index in [0.717, 1.165) is 95.0 Å². The minimum Gasteiger partial charge on any atom is -0.507 e. The predicted octanol–water partition coefficient (Wildman–Crippen LogP) is 27.4. The molecule has 0 bridgehead atoms. The molecule has 0 spiro atoms. The van der Waals surface area contributed by atoms with Gasteiger partial charge < -0.3 is 9.67 Å². The van der Waals surface area contributed by atoms with Gasteiger partial charge in [0.1, 0.15) is 11.6 Å². The Morgan fingerprint density at radius 3 is 1.49 bits per heavy atom. The first kappa shape index (κ1) is 76.9. The Kier molecular flexibility index (Phi) is 21.1. The molecule has 553 valence electrons. The number of benzene rings is 12. The maximum atomic E-state index is 12.1. The van der Waals surface area contributed by atoms with Crippen molar-refractivity contribution in [2.24, 2.45) is 4.99 Å². The van der Waals surface area contributed by atoms with Crippen LogP contribution in [0.1, 0.15) is 205 Å². The number of aromatic nitrogens is 4. The van der Waals surface area contributed by atoms with Crippen molar-refractivity contribution >= 4 is 33.5 Å². The van der Waals surface area contributed by atoms with Crippen LogP contribution in [-0.2, 0) is 47.2 Å². The van der Waals surface area contributed by atoms with E-state index in [9.17, 15) is 5.11 Å². The number of imidazole rings is 2. The van der Waals surface area contributed by atoms with E-state index in [0.29, 0.717) is 5.82 Å². The van der Waals surface area contributed by atoms with E-state index in [1.807, 2.05) is 18.2 Å². The zero-order valence-electron chi connectivity index (χ0n) is 67.0. The van der Waals surface area contributed by atoms with Crippen LogP contribution in [-0.4, -0.2) is 29.9 Å². The molecule has 1 N–H and O–H groups in total. The third-order valence-corrected chi connectivity index (χ3v) is 21.5. The zero-order chi connectivity index (χ0) is 76.5. The number of rotatable bonds is 12. The summed E-state index contributed by atoms with van der Waals surface area (Å²) < 4.78 is 4.68. The zero-order valence-corrected chi connectivity index (χ0v) is 69.4. The summed E-state index contributed by atoms with van der Waals surface area (Å²) in [4.78, 5) is 16.4. The molecule has 7 heteroatoms. The quantitative estimate of drug-likeness (QED) is 0.124. The molecule has 15 rings (SSSR count). The fraction of sp³-hybridized carbons (Fsp3) is 0.265. The van der Waals surface area contributed by atoms with Gasteiger partial charge in [0.15, 0.2) is 0 Å². The molecule has 0 fully saturated rings. The molecule has 1 radical (unpaired) electrons. The van der Waals surface area contributed by atoms with E-state index >= 15 is 0 Å². The van der Waals surface area contributed by atoms with Crippen LogP contribution in [0.2, 0.25) is 0 Å². The number of nitrogens with zero attached hydrogens (tertiary/aromatic N) is 5. The van der Waals surface area contributed by atoms with E-state index in [4.69, 9.17) is 15.0 Å². The van der Waals surface area contributed by atoms with Gasteiger partial charge in [0.2, 0.25) is 0 Å². The first-order valence-corrected chi connectivity index (χ1v) is 38.6. The summed E-state index contributed by atoms with van der Waals surface area (Å²) in [5, 5.41) is 12.1. The summed E-state index contributed by atoms with van der Waals surface area (Å²) in [6.45, 7) is 43.2. The number of hydrogen-bond donors (Lipinski definition) is 1. The van der Waals surface area contributed by atoms with Crippen LogP contribution >= 0.6 is 0 Å². The van der Waals surface area contributed by atoms with Crippen LogP contribution in [0.4, 0.5) is 5.69 Å². The number of aliphatic imine (C=N–C) groups is 1. The van der Waals surface area contributed by atoms with E-state index in [1.165, 1.54) is 66.9 Å². The van der Waals surface area contributed by atoms with Crippen LogP contribution < -0.4 is 0 Å². The van der Waals surface area contributed by atoms with Crippen LogP contribution in [0.3, 0.4) is 0 Å². The molecule has 12 aromatic carbocycles. The Hall–Kier alpha value is -10.3. The van der Waals surface area contributed by atoms with Crippen molar-refractivity contribution in [2.45, 2.75) is 176 Å². The Morgan fingerprint density at radius 2 is 0.908 bits per heavy atom. The molecule has 0 aliphatic carbocycles. The Morgan fingerprint density at radius 1 is 0.394 bits per heavy atom. The average Bonchev–Trinajstić information content (AvgIpc) is 1.64. The Bertz CT molecular complexity index is 5640. The summed E-state index contributed by atoms with van der Waals surface area (Å²) in [6, 6.07) is 98.6. The maximum absolute atomic E-state index is 12.1. The number of phenolic OH excluding ortho intramolecular Hbond substituents is 1. The molecule has 109 heavy (non-hydrogen) atoms. The third-order valence-electron chi connectivity index (χ3n) is 21.5. The number of para-hydroxylation sites is 4. The second kappa shape index (κ2) is 29.9. The third kappa shape index (κ3) is 15.2. The number of aromatic hydroxyl groups is 1. The van der Waals surface area contributed by atoms with Crippen molar-refractivity contribution < 1.29 is 25.2 Å². The van der Waals surface area contributed by atoms with Crippen molar-refractivity contribution in [3.63, 3.8) is 0 Å². The molecule has 1 unspecified atom stereocenters. The van der Waals surface area contributed by atoms with Crippen molar-refractivity contribution in [3.05, 3.63) is 323 Å². The summed E-state index contributed by atoms with van der Waals surface area (Å²) in [5.41, 5.74) is 30.5. The van der Waals surface area contributed by atoms with Gasteiger partial charge in [0.25, 0.3) is 0 Å². The minimum absolute atomic E-state index is 0. The molecule has 1 aliphatic rings. The van der Waals surface area contributed by atoms with Gasteiger partial charge in [0, 0.05) is 42.8 Å². The topological polar surface area (TPSA) is 68.2 Å². The SMILES string of the molecule is CC(C)(C)c1ccc(-n2c(-c3cc(C(C)(C)C)cc(C(C)(C)C)c3O)nc3c(-c4[c-]cccc4)cccc32)c(-c2ccccc2)c1.CC(C)c1cc(-c2ccccc2)cc(C(C)C)c1-n1c(-c2[c-]c(C3=Nc4ccccc4C3c3c(C(C)(C)C)cc(-c4ccccc4)cc3C(C)(C)C)ccc2)nc2ccccc21.[Ir]. The summed E-state index contributed by atoms with van der Waals surface area (Å²) >= 11 is 0. The molecule has 0 saturated heterocycles. The molecule has 6 nitrogen and oxygen atoms in total. The van der Waals surface area contributed by atoms with Crippen molar-refractivity contribution in [1.29, 1.82) is 0 Å². The second-order valence-electron chi connectivity index (χ2n) is 35.2. The van der Waals surface area contributed by atoms with E-state index < -0.39 is 0 Å². The first-order valence-electron chi connectivity index (χ1n) is 38.6. The number of hydrogen-bond acceptors (Lipinski definition) is 4. The van der Waals surface area contributed by atoms with Crippen LogP contribution in [0, 0.1) is 12.1 Å². The summed E-state index contributed by atoms with van der Waals surface area (Å²) in [5.74, 6) is 2.32. The number of phenols is 1. The van der Waals surface area contributed by atoms with Crippen molar-refractivity contribution in [3.8, 4) is 84.4 Å². The monoisotopic (exact) mass is 1610 g/mol. The van der Waals surface area contributed by atoms with Gasteiger partial charge in [-0.1, -0.05) is 300 Å². The molecule has 1 aliphatic heterocycles. The summed E-state index contributed by atoms with van der Waals surface area (Å²) in [7, 11) is 0. The fourth-order valence-electron chi connectivity index (χ4n) is 15.6. The second-order valence-corrected chi connectivity index (χ2v) is 35.2. The molecule has 0 saturated carbocycles. The van der Waals surface area contributed by atoms with Gasteiger partial charge in [-0.05, 0) is 172 Å². The van der Waals surface area contributed by atoms with Crippen LogP contribution in [0.25, 0.3) is 101 Å². The molecular formula is C102H103IrN5O-2. The fourth-order valence-corrected chi connectivity index (χ4v) is 15.6. The van der Waals surface area contributed by atoms with Gasteiger partial charge in [0.05, 0.1) is 44.8 Å². The number of fused-ring (bicyclic) bond motifs is 3. The van der Waals surface area contributed by atoms with E-state index in [2.05, 4.69) is 389 Å². The van der Waals surface area contributed by atoms with E-state index in [1.54, 1.807) is 0 Å². The van der Waals surface area contributed by atoms with Crippen LogP contribution in [0.5, 0.6) is 5.75 Å². The minimum atomic E-state index is -0.273. The molecule has 0 amide bonds. The van der Waals surface area contributed by atoms with Gasteiger partial charge in [-0.25, -0.2) is 4.98 Å². The maximum Gasteiger partial charge on any atom is 0.148 e. The van der Waals surface area contributed by atoms with Gasteiger partial charge in [-0.2, -0.15) is 0 Å². The Balaban J connectivity index is 0.000000199. The summed E-state index contributed by atoms with van der Waals surface area (Å²) in [6.07, 6.45) is 0. The van der Waals surface area contributed by atoms with Gasteiger partial charge in [-0.15, -0.1) is 65.7 Å². The van der Waals surface area contributed by atoms with E-state index in [-0.39, 0.29) is 70.7 Å². The molecule has 14 aromatic rings. The largest absolute Gasteiger partial charge is 0.507 e. The normalized spacial score (nSPS) is 13.4. The smallest absolute Gasteiger partial charge is 0.148 e. The van der Waals surface area contributed by atoms with Gasteiger partial charge >= 0.3 is 0 Å². The molecular weight excluding hydrogens is 1500 g/mol. The average molecular weight is 1610 g/mol. The molecule has 3 heterocycles. The molecule has 2 aromatic heterocycles. The predicted molar refractivity (Wildman–Crippen MR) is 457 cm³/mol. The van der Waals surface area contributed by atoms with Gasteiger partial charge in [-0.3, -0.25) is 14.5 Å². The first-order chi connectivity index (χ1) is 51.3. The Labute approximate surface area is 661 Å². The van der Waals surface area contributed by atoms with Crippen molar-refractivity contribution in [1.82, 2.24) is 19.1 Å². The molecule has 1 atom stereocenters. The van der Waals surface area contributed by atoms with Crippen molar-refractivity contribution in [2.75, 3.05) is 0 Å².